The van der Waals surface area contributed by atoms with Gasteiger partial charge in [-0.2, -0.15) is 0 Å². The molecular formula is C9H5BrO2S2. The molecule has 5 heteroatoms. The fourth-order valence-electron chi connectivity index (χ4n) is 1.19. The van der Waals surface area contributed by atoms with E-state index in [9.17, 15) is 4.79 Å². The molecule has 0 aliphatic heterocycles. The maximum absolute atomic E-state index is 10.7. The first-order chi connectivity index (χ1) is 6.59. The lowest BCUT2D eigenvalue weighted by Crippen LogP contribution is -1.94. The van der Waals surface area contributed by atoms with Crippen LogP contribution in [0.2, 0.25) is 0 Å². The summed E-state index contributed by atoms with van der Waals surface area (Å²) in [7, 11) is 0. The Hall–Kier alpha value is -0.520. The molecule has 0 bridgehead atoms. The fourth-order valence-corrected chi connectivity index (χ4v) is 3.13. The van der Waals surface area contributed by atoms with Crippen LogP contribution >= 0.6 is 39.9 Å². The van der Waals surface area contributed by atoms with Crippen LogP contribution in [0.15, 0.2) is 26.9 Å². The Kier molecular flexibility index (Phi) is 2.55. The molecule has 1 heterocycles. The molecule has 2 nitrogen and oxygen atoms in total. The summed E-state index contributed by atoms with van der Waals surface area (Å²) in [6.45, 7) is 0. The van der Waals surface area contributed by atoms with Crippen molar-refractivity contribution in [1.29, 1.82) is 0 Å². The Morgan fingerprint density at radius 1 is 1.50 bits per heavy atom. The van der Waals surface area contributed by atoms with Gasteiger partial charge < -0.3 is 5.11 Å². The third kappa shape index (κ3) is 1.55. The number of halogens is 1. The zero-order valence-electron chi connectivity index (χ0n) is 6.82. The second-order valence-corrected chi connectivity index (χ2v) is 5.56. The monoisotopic (exact) mass is 288 g/mol. The standard InChI is InChI=1S/C9H5BrO2S2/c10-8-7(13)5-3-4(9(11)12)1-2-6(5)14-8/h1-3,13H,(H,11,12). The van der Waals surface area contributed by atoms with Gasteiger partial charge in [-0.3, -0.25) is 0 Å². The van der Waals surface area contributed by atoms with Gasteiger partial charge in [0.2, 0.25) is 0 Å². The van der Waals surface area contributed by atoms with Crippen molar-refractivity contribution in [1.82, 2.24) is 0 Å². The quantitative estimate of drug-likeness (QED) is 0.786. The van der Waals surface area contributed by atoms with E-state index in [1.54, 1.807) is 29.5 Å². The predicted molar refractivity (Wildman–Crippen MR) is 63.7 cm³/mol. The molecule has 0 amide bonds. The van der Waals surface area contributed by atoms with Crippen LogP contribution in [0, 0.1) is 0 Å². The van der Waals surface area contributed by atoms with E-state index in [0.29, 0.717) is 0 Å². The molecule has 0 spiro atoms. The first-order valence-electron chi connectivity index (χ1n) is 3.74. The van der Waals surface area contributed by atoms with Crippen LogP contribution in [-0.2, 0) is 0 Å². The topological polar surface area (TPSA) is 37.3 Å². The molecule has 0 aliphatic carbocycles. The summed E-state index contributed by atoms with van der Waals surface area (Å²) >= 11 is 9.21. The van der Waals surface area contributed by atoms with Crippen LogP contribution in [0.4, 0.5) is 0 Å². The molecule has 0 aliphatic rings. The van der Waals surface area contributed by atoms with Crippen molar-refractivity contribution in [2.75, 3.05) is 0 Å². The molecule has 2 rings (SSSR count). The van der Waals surface area contributed by atoms with E-state index >= 15 is 0 Å². The van der Waals surface area contributed by atoms with E-state index in [1.807, 2.05) is 0 Å². The molecule has 0 unspecified atom stereocenters. The van der Waals surface area contributed by atoms with Crippen molar-refractivity contribution in [2.24, 2.45) is 0 Å². The Balaban J connectivity index is 2.76. The van der Waals surface area contributed by atoms with Gasteiger partial charge in [0.05, 0.1) is 9.35 Å². The largest absolute Gasteiger partial charge is 0.478 e. The van der Waals surface area contributed by atoms with Crippen LogP contribution in [0.25, 0.3) is 10.1 Å². The minimum Gasteiger partial charge on any atom is -0.478 e. The molecule has 2 aromatic rings. The summed E-state index contributed by atoms with van der Waals surface area (Å²) in [5.74, 6) is -0.915. The maximum Gasteiger partial charge on any atom is 0.335 e. The van der Waals surface area contributed by atoms with Crippen LogP contribution < -0.4 is 0 Å². The summed E-state index contributed by atoms with van der Waals surface area (Å²) in [6, 6.07) is 5.04. The van der Waals surface area contributed by atoms with E-state index in [2.05, 4.69) is 28.6 Å². The van der Waals surface area contributed by atoms with Crippen LogP contribution in [0.1, 0.15) is 10.4 Å². The Morgan fingerprint density at radius 2 is 2.21 bits per heavy atom. The van der Waals surface area contributed by atoms with Crippen molar-refractivity contribution < 1.29 is 9.90 Å². The van der Waals surface area contributed by atoms with Crippen molar-refractivity contribution in [3.63, 3.8) is 0 Å². The minimum atomic E-state index is -0.915. The van der Waals surface area contributed by atoms with E-state index in [1.165, 1.54) is 0 Å². The lowest BCUT2D eigenvalue weighted by Gasteiger charge is -1.94. The summed E-state index contributed by atoms with van der Waals surface area (Å²) in [6.07, 6.45) is 0. The van der Waals surface area contributed by atoms with E-state index in [4.69, 9.17) is 5.11 Å². The Bertz CT molecular complexity index is 519. The molecule has 0 saturated carbocycles. The molecule has 0 saturated heterocycles. The van der Waals surface area contributed by atoms with Crippen molar-refractivity contribution >= 4 is 56.0 Å². The van der Waals surface area contributed by atoms with Gasteiger partial charge in [-0.15, -0.1) is 24.0 Å². The highest BCUT2D eigenvalue weighted by atomic mass is 79.9. The predicted octanol–water partition coefficient (Wildman–Crippen LogP) is 3.65. The maximum atomic E-state index is 10.7. The van der Waals surface area contributed by atoms with Crippen molar-refractivity contribution in [2.45, 2.75) is 4.90 Å². The van der Waals surface area contributed by atoms with Gasteiger partial charge in [-0.05, 0) is 34.1 Å². The smallest absolute Gasteiger partial charge is 0.335 e. The molecule has 1 N–H and O–H groups in total. The number of hydrogen-bond acceptors (Lipinski definition) is 3. The zero-order valence-corrected chi connectivity index (χ0v) is 10.1. The van der Waals surface area contributed by atoms with E-state index in [0.717, 1.165) is 18.8 Å². The summed E-state index contributed by atoms with van der Waals surface area (Å²) in [4.78, 5) is 11.5. The second-order valence-electron chi connectivity index (χ2n) is 2.74. The fraction of sp³-hybridized carbons (Fsp3) is 0. The van der Waals surface area contributed by atoms with Crippen LogP contribution in [0.5, 0.6) is 0 Å². The average Bonchev–Trinajstić information content (AvgIpc) is 2.43. The summed E-state index contributed by atoms with van der Waals surface area (Å²) in [5, 5.41) is 9.69. The number of aromatic carboxylic acids is 1. The number of carbonyl (C=O) groups is 1. The summed E-state index contributed by atoms with van der Waals surface area (Å²) < 4.78 is 1.96. The van der Waals surface area contributed by atoms with Gasteiger partial charge in [0.1, 0.15) is 0 Å². The SMILES string of the molecule is O=C(O)c1ccc2sc(Br)c(S)c2c1. The third-order valence-electron chi connectivity index (χ3n) is 1.87. The summed E-state index contributed by atoms with van der Waals surface area (Å²) in [5.41, 5.74) is 0.290. The lowest BCUT2D eigenvalue weighted by atomic mass is 10.2. The number of rotatable bonds is 1. The van der Waals surface area contributed by atoms with Crippen molar-refractivity contribution in [3.8, 4) is 0 Å². The van der Waals surface area contributed by atoms with Gasteiger partial charge in [0.25, 0.3) is 0 Å². The highest BCUT2D eigenvalue weighted by molar-refractivity contribution is 9.11. The number of hydrogen-bond donors (Lipinski definition) is 2. The van der Waals surface area contributed by atoms with Crippen LogP contribution in [0.3, 0.4) is 0 Å². The van der Waals surface area contributed by atoms with Gasteiger partial charge >= 0.3 is 5.97 Å². The average molecular weight is 289 g/mol. The Morgan fingerprint density at radius 3 is 2.86 bits per heavy atom. The molecular weight excluding hydrogens is 284 g/mol. The normalized spacial score (nSPS) is 10.7. The molecule has 0 radical (unpaired) electrons. The number of thiol groups is 1. The third-order valence-corrected chi connectivity index (χ3v) is 4.63. The highest BCUT2D eigenvalue weighted by Gasteiger charge is 2.09. The lowest BCUT2D eigenvalue weighted by molar-refractivity contribution is 0.0697. The van der Waals surface area contributed by atoms with Gasteiger partial charge in [-0.25, -0.2) is 4.79 Å². The highest BCUT2D eigenvalue weighted by Crippen LogP contribution is 2.38. The minimum absolute atomic E-state index is 0.290. The van der Waals surface area contributed by atoms with E-state index in [-0.39, 0.29) is 5.56 Å². The Labute approximate surface area is 98.1 Å². The van der Waals surface area contributed by atoms with Gasteiger partial charge in [-0.1, -0.05) is 0 Å². The number of thiophene rings is 1. The molecule has 72 valence electrons. The first-order valence-corrected chi connectivity index (χ1v) is 5.79. The first kappa shape index (κ1) is 10.0. The number of carboxylic acid groups (broad SMARTS) is 1. The van der Waals surface area contributed by atoms with E-state index < -0.39 is 5.97 Å². The number of carboxylic acids is 1. The molecule has 0 atom stereocenters. The van der Waals surface area contributed by atoms with Gasteiger partial charge in [0.15, 0.2) is 0 Å². The molecule has 1 aromatic heterocycles. The zero-order chi connectivity index (χ0) is 10.3. The van der Waals surface area contributed by atoms with Crippen LogP contribution in [-0.4, -0.2) is 11.1 Å². The van der Waals surface area contributed by atoms with Crippen molar-refractivity contribution in [3.05, 3.63) is 27.5 Å². The molecule has 1 aromatic carbocycles. The molecule has 14 heavy (non-hydrogen) atoms. The number of benzene rings is 1. The second kappa shape index (κ2) is 3.56. The number of fused-ring (bicyclic) bond motifs is 1. The molecule has 0 fully saturated rings. The van der Waals surface area contributed by atoms with Gasteiger partial charge in [0, 0.05) is 15.0 Å².